The molecule has 1 aromatic carbocycles. The lowest BCUT2D eigenvalue weighted by Gasteiger charge is -2.06. The molecule has 3 aromatic rings. The van der Waals surface area contributed by atoms with Gasteiger partial charge < -0.3 is 15.6 Å². The van der Waals surface area contributed by atoms with Gasteiger partial charge in [0.25, 0.3) is 5.69 Å². The van der Waals surface area contributed by atoms with E-state index in [1.165, 1.54) is 30.1 Å². The number of fused-ring (bicyclic) bond motifs is 1. The van der Waals surface area contributed by atoms with Crippen molar-refractivity contribution in [1.82, 2.24) is 20.3 Å². The summed E-state index contributed by atoms with van der Waals surface area (Å²) in [4.78, 5) is 33.4. The maximum atomic E-state index is 11.9. The topological polar surface area (TPSA) is 126 Å². The minimum absolute atomic E-state index is 0.0635. The van der Waals surface area contributed by atoms with Crippen LogP contribution in [0.1, 0.15) is 0 Å². The molecular weight excluding hydrogens is 356 g/mol. The molecule has 0 saturated heterocycles. The number of hydrogen-bond donors (Lipinski definition) is 3. The fourth-order valence-corrected chi connectivity index (χ4v) is 2.89. The number of pyridine rings is 1. The van der Waals surface area contributed by atoms with Gasteiger partial charge in [0.2, 0.25) is 5.91 Å². The van der Waals surface area contributed by atoms with Gasteiger partial charge in [-0.25, -0.2) is 9.97 Å². The van der Waals surface area contributed by atoms with Gasteiger partial charge in [0.05, 0.1) is 21.7 Å². The Morgan fingerprint density at radius 1 is 1.23 bits per heavy atom. The lowest BCUT2D eigenvalue weighted by molar-refractivity contribution is -0.385. The summed E-state index contributed by atoms with van der Waals surface area (Å²) in [6, 6.07) is 10.6. The van der Waals surface area contributed by atoms with E-state index in [0.29, 0.717) is 24.1 Å². The highest BCUT2D eigenvalue weighted by atomic mass is 32.2. The summed E-state index contributed by atoms with van der Waals surface area (Å²) in [7, 11) is 0. The SMILES string of the molecule is O=C(CSc1nc2ccccc2[nH]1)NCCNc1ccc([N+](=O)[O-])cn1. The summed E-state index contributed by atoms with van der Waals surface area (Å²) in [5.74, 6) is 0.672. The Labute approximate surface area is 152 Å². The Morgan fingerprint density at radius 3 is 2.81 bits per heavy atom. The number of para-hydroxylation sites is 2. The van der Waals surface area contributed by atoms with Crippen molar-refractivity contribution in [2.75, 3.05) is 24.2 Å². The van der Waals surface area contributed by atoms with Crippen LogP contribution in [0.4, 0.5) is 11.5 Å². The molecule has 0 bridgehead atoms. The average molecular weight is 372 g/mol. The number of aromatic nitrogens is 3. The number of benzene rings is 1. The molecule has 3 N–H and O–H groups in total. The van der Waals surface area contributed by atoms with Gasteiger partial charge in [-0.1, -0.05) is 23.9 Å². The number of carbonyl (C=O) groups is 1. The van der Waals surface area contributed by atoms with Crippen molar-refractivity contribution in [2.45, 2.75) is 5.16 Å². The van der Waals surface area contributed by atoms with Crippen molar-refractivity contribution < 1.29 is 9.72 Å². The molecule has 2 aromatic heterocycles. The van der Waals surface area contributed by atoms with Crippen LogP contribution in [0.5, 0.6) is 0 Å². The normalized spacial score (nSPS) is 10.6. The summed E-state index contributed by atoms with van der Waals surface area (Å²) < 4.78 is 0. The second-order valence-corrected chi connectivity index (χ2v) is 6.25. The first-order chi connectivity index (χ1) is 12.6. The fraction of sp³-hybridized carbons (Fsp3) is 0.188. The predicted octanol–water partition coefficient (Wildman–Crippen LogP) is 2.19. The number of nitrogens with one attached hydrogen (secondary N) is 3. The van der Waals surface area contributed by atoms with Gasteiger partial charge in [-0.05, 0) is 18.2 Å². The number of rotatable bonds is 8. The third-order valence-electron chi connectivity index (χ3n) is 3.42. The van der Waals surface area contributed by atoms with Crippen molar-refractivity contribution in [3.8, 4) is 0 Å². The number of thioether (sulfide) groups is 1. The van der Waals surface area contributed by atoms with Gasteiger partial charge in [-0.3, -0.25) is 14.9 Å². The number of carbonyl (C=O) groups excluding carboxylic acids is 1. The zero-order chi connectivity index (χ0) is 18.4. The van der Waals surface area contributed by atoms with E-state index >= 15 is 0 Å². The fourth-order valence-electron chi connectivity index (χ4n) is 2.17. The van der Waals surface area contributed by atoms with Crippen LogP contribution in [0.2, 0.25) is 0 Å². The molecule has 10 heteroatoms. The first-order valence-corrected chi connectivity index (χ1v) is 8.79. The molecule has 0 spiro atoms. The molecule has 9 nitrogen and oxygen atoms in total. The van der Waals surface area contributed by atoms with Crippen LogP contribution in [0.25, 0.3) is 11.0 Å². The summed E-state index contributed by atoms with van der Waals surface area (Å²) in [5.41, 5.74) is 1.75. The van der Waals surface area contributed by atoms with Crippen molar-refractivity contribution in [3.63, 3.8) is 0 Å². The van der Waals surface area contributed by atoms with E-state index in [4.69, 9.17) is 0 Å². The molecular formula is C16H16N6O3S. The third kappa shape index (κ3) is 4.70. The first kappa shape index (κ1) is 17.7. The standard InChI is InChI=1S/C16H16N6O3S/c23-15(10-26-16-20-12-3-1-2-4-13(12)21-16)18-8-7-17-14-6-5-11(9-19-14)22(24)25/h1-6,9H,7-8,10H2,(H,17,19)(H,18,23)(H,20,21). The molecule has 0 fully saturated rings. The lowest BCUT2D eigenvalue weighted by atomic mass is 10.3. The number of anilines is 1. The average Bonchev–Trinajstić information content (AvgIpc) is 3.07. The summed E-state index contributed by atoms with van der Waals surface area (Å²) in [6.07, 6.45) is 1.19. The van der Waals surface area contributed by atoms with E-state index in [-0.39, 0.29) is 17.3 Å². The minimum atomic E-state index is -0.503. The van der Waals surface area contributed by atoms with Crippen LogP contribution in [0.3, 0.4) is 0 Å². The maximum Gasteiger partial charge on any atom is 0.287 e. The monoisotopic (exact) mass is 372 g/mol. The number of hydrogen-bond acceptors (Lipinski definition) is 7. The summed E-state index contributed by atoms with van der Waals surface area (Å²) >= 11 is 1.34. The molecule has 0 unspecified atom stereocenters. The molecule has 2 heterocycles. The number of aromatic amines is 1. The maximum absolute atomic E-state index is 11.9. The predicted molar refractivity (Wildman–Crippen MR) is 99.2 cm³/mol. The van der Waals surface area contributed by atoms with Gasteiger partial charge in [-0.15, -0.1) is 0 Å². The Kier molecular flexibility index (Phi) is 5.64. The van der Waals surface area contributed by atoms with E-state index in [1.807, 2.05) is 24.3 Å². The molecule has 1 amide bonds. The van der Waals surface area contributed by atoms with Gasteiger partial charge in [0.1, 0.15) is 12.0 Å². The molecule has 0 atom stereocenters. The van der Waals surface area contributed by atoms with Crippen molar-refractivity contribution in [2.24, 2.45) is 0 Å². The van der Waals surface area contributed by atoms with Crippen LogP contribution >= 0.6 is 11.8 Å². The van der Waals surface area contributed by atoms with Crippen molar-refractivity contribution in [3.05, 3.63) is 52.7 Å². The van der Waals surface area contributed by atoms with E-state index < -0.39 is 4.92 Å². The van der Waals surface area contributed by atoms with Crippen LogP contribution < -0.4 is 10.6 Å². The van der Waals surface area contributed by atoms with E-state index in [2.05, 4.69) is 25.6 Å². The molecule has 3 rings (SSSR count). The molecule has 0 saturated carbocycles. The van der Waals surface area contributed by atoms with E-state index in [1.54, 1.807) is 0 Å². The molecule has 0 aliphatic heterocycles. The number of imidazole rings is 1. The molecule has 26 heavy (non-hydrogen) atoms. The van der Waals surface area contributed by atoms with Gasteiger partial charge in [0.15, 0.2) is 5.16 Å². The van der Waals surface area contributed by atoms with Crippen LogP contribution in [0, 0.1) is 10.1 Å². The highest BCUT2D eigenvalue weighted by Gasteiger charge is 2.07. The van der Waals surface area contributed by atoms with E-state index in [9.17, 15) is 14.9 Å². The second-order valence-electron chi connectivity index (χ2n) is 5.28. The second kappa shape index (κ2) is 8.30. The van der Waals surface area contributed by atoms with Gasteiger partial charge in [0, 0.05) is 19.2 Å². The highest BCUT2D eigenvalue weighted by Crippen LogP contribution is 2.18. The minimum Gasteiger partial charge on any atom is -0.368 e. The first-order valence-electron chi connectivity index (χ1n) is 7.80. The van der Waals surface area contributed by atoms with Gasteiger partial charge >= 0.3 is 0 Å². The molecule has 134 valence electrons. The Bertz CT molecular complexity index is 879. The lowest BCUT2D eigenvalue weighted by Crippen LogP contribution is -2.30. The Morgan fingerprint density at radius 2 is 2.08 bits per heavy atom. The molecule has 0 radical (unpaired) electrons. The zero-order valence-corrected chi connectivity index (χ0v) is 14.5. The van der Waals surface area contributed by atoms with Gasteiger partial charge in [-0.2, -0.15) is 0 Å². The van der Waals surface area contributed by atoms with Crippen molar-refractivity contribution in [1.29, 1.82) is 0 Å². The highest BCUT2D eigenvalue weighted by molar-refractivity contribution is 7.99. The molecule has 0 aliphatic rings. The Balaban J connectivity index is 1.36. The smallest absolute Gasteiger partial charge is 0.287 e. The van der Waals surface area contributed by atoms with E-state index in [0.717, 1.165) is 11.0 Å². The quantitative estimate of drug-likeness (QED) is 0.239. The largest absolute Gasteiger partial charge is 0.368 e. The van der Waals surface area contributed by atoms with Crippen molar-refractivity contribution >= 4 is 40.2 Å². The summed E-state index contributed by atoms with van der Waals surface area (Å²) in [5, 5.41) is 17.0. The summed E-state index contributed by atoms with van der Waals surface area (Å²) in [6.45, 7) is 0.879. The zero-order valence-electron chi connectivity index (χ0n) is 13.6. The number of nitro groups is 1. The number of nitrogens with zero attached hydrogens (tertiary/aromatic N) is 3. The number of H-pyrrole nitrogens is 1. The molecule has 0 aliphatic carbocycles. The van der Waals surface area contributed by atoms with Crippen LogP contribution in [-0.2, 0) is 4.79 Å². The van der Waals surface area contributed by atoms with Crippen LogP contribution in [-0.4, -0.2) is 44.6 Å². The Hall–Kier alpha value is -3.14. The van der Waals surface area contributed by atoms with Crippen LogP contribution in [0.15, 0.2) is 47.8 Å². The number of amides is 1. The third-order valence-corrected chi connectivity index (χ3v) is 4.29.